The van der Waals surface area contributed by atoms with Crippen LogP contribution in [0.1, 0.15) is 48.4 Å². The number of rotatable bonds is 8. The van der Waals surface area contributed by atoms with E-state index in [0.717, 1.165) is 16.7 Å². The minimum Gasteiger partial charge on any atom is -0.326 e. The number of anilines is 2. The lowest BCUT2D eigenvalue weighted by Crippen LogP contribution is -2.15. The van der Waals surface area contributed by atoms with Gasteiger partial charge in [0.15, 0.2) is 0 Å². The molecule has 0 saturated heterocycles. The van der Waals surface area contributed by atoms with Crippen molar-refractivity contribution in [3.05, 3.63) is 89.0 Å². The molecule has 168 valence electrons. The summed E-state index contributed by atoms with van der Waals surface area (Å²) in [5, 5.41) is 2.83. The fourth-order valence-corrected chi connectivity index (χ4v) is 4.64. The molecule has 0 heterocycles. The zero-order valence-electron chi connectivity index (χ0n) is 19.0. The van der Waals surface area contributed by atoms with Crippen LogP contribution in [-0.2, 0) is 21.2 Å². The van der Waals surface area contributed by atoms with Crippen LogP contribution in [0.4, 0.5) is 11.4 Å². The van der Waals surface area contributed by atoms with Gasteiger partial charge in [-0.1, -0.05) is 56.3 Å². The summed E-state index contributed by atoms with van der Waals surface area (Å²) in [6.07, 6.45) is 1.01. The fourth-order valence-electron chi connectivity index (χ4n) is 3.44. The number of benzene rings is 3. The first-order valence-corrected chi connectivity index (χ1v) is 12.2. The van der Waals surface area contributed by atoms with E-state index in [0.29, 0.717) is 30.1 Å². The third-order valence-electron chi connectivity index (χ3n) is 5.45. The van der Waals surface area contributed by atoms with E-state index in [2.05, 4.69) is 48.2 Å². The minimum absolute atomic E-state index is 0.109. The molecule has 3 aromatic carbocycles. The number of nitrogens with one attached hydrogen (secondary N) is 2. The topological polar surface area (TPSA) is 75.3 Å². The molecule has 0 fully saturated rings. The third-order valence-corrected chi connectivity index (χ3v) is 6.82. The molecule has 2 N–H and O–H groups in total. The Morgan fingerprint density at radius 2 is 1.47 bits per heavy atom. The number of hydrogen-bond acceptors (Lipinski definition) is 3. The molecule has 0 aliphatic rings. The van der Waals surface area contributed by atoms with E-state index in [4.69, 9.17) is 0 Å². The average Bonchev–Trinajstić information content (AvgIpc) is 2.76. The summed E-state index contributed by atoms with van der Waals surface area (Å²) in [5.74, 6) is 0.372. The number of hydrogen-bond donors (Lipinski definition) is 2. The van der Waals surface area contributed by atoms with Crippen molar-refractivity contribution >= 4 is 27.3 Å². The molecule has 0 atom stereocenters. The van der Waals surface area contributed by atoms with Gasteiger partial charge in [0, 0.05) is 12.1 Å². The molecular weight excluding hydrogens is 420 g/mol. The SMILES string of the molecule is Cc1cccc(C)c1NS(=O)(=O)c1ccc(NC(=O)CCc2ccc(C(C)C)cc2)cc1. The Hall–Kier alpha value is -3.12. The van der Waals surface area contributed by atoms with Crippen molar-refractivity contribution in [1.82, 2.24) is 0 Å². The third kappa shape index (κ3) is 5.98. The second kappa shape index (κ2) is 10.0. The van der Waals surface area contributed by atoms with E-state index in [1.165, 1.54) is 17.7 Å². The second-order valence-corrected chi connectivity index (χ2v) is 10.0. The van der Waals surface area contributed by atoms with Gasteiger partial charge in [-0.25, -0.2) is 8.42 Å². The Balaban J connectivity index is 1.59. The van der Waals surface area contributed by atoms with Crippen LogP contribution in [0.2, 0.25) is 0 Å². The summed E-state index contributed by atoms with van der Waals surface area (Å²) >= 11 is 0. The molecule has 0 aliphatic heterocycles. The zero-order chi connectivity index (χ0) is 23.3. The lowest BCUT2D eigenvalue weighted by Gasteiger charge is -2.13. The van der Waals surface area contributed by atoms with Gasteiger partial charge >= 0.3 is 0 Å². The van der Waals surface area contributed by atoms with Crippen LogP contribution in [0.15, 0.2) is 71.6 Å². The first-order valence-electron chi connectivity index (χ1n) is 10.7. The molecular formula is C26H30N2O3S. The van der Waals surface area contributed by atoms with Gasteiger partial charge in [0.25, 0.3) is 10.0 Å². The summed E-state index contributed by atoms with van der Waals surface area (Å²) in [4.78, 5) is 12.5. The normalized spacial score (nSPS) is 11.4. The minimum atomic E-state index is -3.72. The average molecular weight is 451 g/mol. The highest BCUT2D eigenvalue weighted by Crippen LogP contribution is 2.24. The van der Waals surface area contributed by atoms with Gasteiger partial charge in [-0.15, -0.1) is 0 Å². The molecule has 5 nitrogen and oxygen atoms in total. The van der Waals surface area contributed by atoms with E-state index in [1.807, 2.05) is 32.0 Å². The standard InChI is InChI=1S/C26H30N2O3S/c1-18(2)22-11-8-21(9-12-22)10-17-25(29)27-23-13-15-24(16-14-23)32(30,31)28-26-19(3)6-5-7-20(26)4/h5-9,11-16,18,28H,10,17H2,1-4H3,(H,27,29). The molecule has 0 unspecified atom stereocenters. The largest absolute Gasteiger partial charge is 0.326 e. The maximum absolute atomic E-state index is 12.8. The Morgan fingerprint density at radius 1 is 0.875 bits per heavy atom. The van der Waals surface area contributed by atoms with Gasteiger partial charge in [-0.3, -0.25) is 9.52 Å². The van der Waals surface area contributed by atoms with E-state index in [9.17, 15) is 13.2 Å². The predicted molar refractivity (Wildman–Crippen MR) is 131 cm³/mol. The lowest BCUT2D eigenvalue weighted by atomic mass is 10.0. The van der Waals surface area contributed by atoms with Crippen molar-refractivity contribution in [3.8, 4) is 0 Å². The molecule has 0 saturated carbocycles. The number of sulfonamides is 1. The first kappa shape index (κ1) is 23.5. The number of carbonyl (C=O) groups is 1. The van der Waals surface area contributed by atoms with E-state index in [-0.39, 0.29) is 10.8 Å². The van der Waals surface area contributed by atoms with E-state index >= 15 is 0 Å². The molecule has 32 heavy (non-hydrogen) atoms. The second-order valence-electron chi connectivity index (χ2n) is 8.34. The van der Waals surface area contributed by atoms with Crippen LogP contribution < -0.4 is 10.0 Å². The summed E-state index contributed by atoms with van der Waals surface area (Å²) in [6.45, 7) is 8.03. The molecule has 6 heteroatoms. The monoisotopic (exact) mass is 450 g/mol. The number of carbonyl (C=O) groups excluding carboxylic acids is 1. The Kier molecular flexibility index (Phi) is 7.36. The molecule has 0 aliphatic carbocycles. The van der Waals surface area contributed by atoms with Gasteiger partial charge in [0.2, 0.25) is 5.91 Å². The maximum Gasteiger partial charge on any atom is 0.261 e. The van der Waals surface area contributed by atoms with Gasteiger partial charge < -0.3 is 5.32 Å². The molecule has 3 rings (SSSR count). The Bertz CT molecular complexity index is 1160. The van der Waals surface area contributed by atoms with Gasteiger partial charge in [0.05, 0.1) is 10.6 Å². The molecule has 0 aromatic heterocycles. The summed E-state index contributed by atoms with van der Waals surface area (Å²) in [7, 11) is -3.72. The summed E-state index contributed by atoms with van der Waals surface area (Å²) in [6, 6.07) is 20.1. The molecule has 1 amide bonds. The van der Waals surface area contributed by atoms with Crippen LogP contribution in [0, 0.1) is 13.8 Å². The van der Waals surface area contributed by atoms with Gasteiger partial charge in [0.1, 0.15) is 0 Å². The molecule has 3 aromatic rings. The van der Waals surface area contributed by atoms with Crippen LogP contribution in [0.5, 0.6) is 0 Å². The van der Waals surface area contributed by atoms with Crippen molar-refractivity contribution in [3.63, 3.8) is 0 Å². The van der Waals surface area contributed by atoms with Crippen molar-refractivity contribution < 1.29 is 13.2 Å². The van der Waals surface area contributed by atoms with E-state index in [1.54, 1.807) is 12.1 Å². The Morgan fingerprint density at radius 3 is 2.03 bits per heavy atom. The van der Waals surface area contributed by atoms with Crippen LogP contribution >= 0.6 is 0 Å². The number of aryl methyl sites for hydroxylation is 3. The van der Waals surface area contributed by atoms with Crippen molar-refractivity contribution in [2.45, 2.75) is 51.3 Å². The van der Waals surface area contributed by atoms with Crippen LogP contribution in [0.25, 0.3) is 0 Å². The summed E-state index contributed by atoms with van der Waals surface area (Å²) < 4.78 is 28.2. The lowest BCUT2D eigenvalue weighted by molar-refractivity contribution is -0.116. The van der Waals surface area contributed by atoms with Crippen molar-refractivity contribution in [2.75, 3.05) is 10.0 Å². The van der Waals surface area contributed by atoms with Gasteiger partial charge in [-0.2, -0.15) is 0 Å². The number of para-hydroxylation sites is 1. The van der Waals surface area contributed by atoms with Crippen molar-refractivity contribution in [1.29, 1.82) is 0 Å². The van der Waals surface area contributed by atoms with E-state index < -0.39 is 10.0 Å². The molecule has 0 spiro atoms. The molecule has 0 radical (unpaired) electrons. The highest BCUT2D eigenvalue weighted by Gasteiger charge is 2.16. The Labute approximate surface area is 190 Å². The predicted octanol–water partition coefficient (Wildman–Crippen LogP) is 5.80. The zero-order valence-corrected chi connectivity index (χ0v) is 19.8. The quantitative estimate of drug-likeness (QED) is 0.455. The maximum atomic E-state index is 12.8. The van der Waals surface area contributed by atoms with Crippen LogP contribution in [-0.4, -0.2) is 14.3 Å². The van der Waals surface area contributed by atoms with Gasteiger partial charge in [-0.05, 0) is 72.7 Å². The number of amides is 1. The fraction of sp³-hybridized carbons (Fsp3) is 0.269. The molecule has 0 bridgehead atoms. The van der Waals surface area contributed by atoms with Crippen LogP contribution in [0.3, 0.4) is 0 Å². The first-order chi connectivity index (χ1) is 15.2. The summed E-state index contributed by atoms with van der Waals surface area (Å²) in [5.41, 5.74) is 5.26. The smallest absolute Gasteiger partial charge is 0.261 e. The highest BCUT2D eigenvalue weighted by atomic mass is 32.2. The highest BCUT2D eigenvalue weighted by molar-refractivity contribution is 7.92. The van der Waals surface area contributed by atoms with Crippen molar-refractivity contribution in [2.24, 2.45) is 0 Å².